The Morgan fingerprint density at radius 2 is 1.89 bits per heavy atom. The minimum atomic E-state index is -0.394. The van der Waals surface area contributed by atoms with E-state index < -0.39 is 5.54 Å². The predicted molar refractivity (Wildman–Crippen MR) is 74.5 cm³/mol. The summed E-state index contributed by atoms with van der Waals surface area (Å²) >= 11 is 0. The van der Waals surface area contributed by atoms with Gasteiger partial charge in [-0.25, -0.2) is 0 Å². The molecule has 0 saturated heterocycles. The van der Waals surface area contributed by atoms with Crippen molar-refractivity contribution in [3.63, 3.8) is 0 Å². The summed E-state index contributed by atoms with van der Waals surface area (Å²) in [6, 6.07) is 7.72. The molecule has 0 atom stereocenters. The van der Waals surface area contributed by atoms with Gasteiger partial charge >= 0.3 is 0 Å². The molecule has 4 heteroatoms. The van der Waals surface area contributed by atoms with Gasteiger partial charge in [0.2, 0.25) is 5.91 Å². The molecule has 0 unspecified atom stereocenters. The Hall–Kier alpha value is -1.39. The van der Waals surface area contributed by atoms with Crippen LogP contribution in [0.4, 0.5) is 0 Å². The van der Waals surface area contributed by atoms with Crippen LogP contribution in [0.2, 0.25) is 0 Å². The first-order valence-electron chi connectivity index (χ1n) is 6.88. The van der Waals surface area contributed by atoms with Crippen LogP contribution in [0, 0.1) is 0 Å². The lowest BCUT2D eigenvalue weighted by Gasteiger charge is -2.28. The standard InChI is InChI=1S/C15H22N2O2/c16-10-13-6-2-1-5-12(13)9-14(19)17-15(11-18)7-3-4-8-15/h1-2,5-6,18H,3-4,7-11,16H2,(H,17,19). The summed E-state index contributed by atoms with van der Waals surface area (Å²) in [4.78, 5) is 12.1. The van der Waals surface area contributed by atoms with Gasteiger partial charge < -0.3 is 16.2 Å². The lowest BCUT2D eigenvalue weighted by Crippen LogP contribution is -2.49. The van der Waals surface area contributed by atoms with E-state index in [1.54, 1.807) is 0 Å². The molecule has 0 bridgehead atoms. The summed E-state index contributed by atoms with van der Waals surface area (Å²) in [5.74, 6) is -0.0307. The summed E-state index contributed by atoms with van der Waals surface area (Å²) in [5, 5.41) is 12.5. The Labute approximate surface area is 114 Å². The van der Waals surface area contributed by atoms with Crippen LogP contribution in [0.5, 0.6) is 0 Å². The highest BCUT2D eigenvalue weighted by Gasteiger charge is 2.34. The molecule has 4 N–H and O–H groups in total. The van der Waals surface area contributed by atoms with Gasteiger partial charge in [-0.15, -0.1) is 0 Å². The Kier molecular flexibility index (Phi) is 4.56. The maximum atomic E-state index is 12.1. The molecule has 0 aromatic heterocycles. The molecule has 2 rings (SSSR count). The van der Waals surface area contributed by atoms with Crippen LogP contribution < -0.4 is 11.1 Å². The van der Waals surface area contributed by atoms with E-state index in [1.807, 2.05) is 24.3 Å². The predicted octanol–water partition coefficient (Wildman–Crippen LogP) is 1.11. The minimum Gasteiger partial charge on any atom is -0.394 e. The maximum absolute atomic E-state index is 12.1. The van der Waals surface area contributed by atoms with Crippen molar-refractivity contribution in [2.45, 2.75) is 44.2 Å². The van der Waals surface area contributed by atoms with Crippen molar-refractivity contribution >= 4 is 5.91 Å². The summed E-state index contributed by atoms with van der Waals surface area (Å²) in [6.45, 7) is 0.464. The zero-order valence-electron chi connectivity index (χ0n) is 11.2. The molecular weight excluding hydrogens is 240 g/mol. The van der Waals surface area contributed by atoms with Crippen molar-refractivity contribution < 1.29 is 9.90 Å². The first-order chi connectivity index (χ1) is 9.19. The van der Waals surface area contributed by atoms with Gasteiger partial charge in [0, 0.05) is 6.54 Å². The fourth-order valence-electron chi connectivity index (χ4n) is 2.82. The van der Waals surface area contributed by atoms with Gasteiger partial charge in [-0.05, 0) is 24.0 Å². The van der Waals surface area contributed by atoms with Gasteiger partial charge in [-0.3, -0.25) is 4.79 Å². The van der Waals surface area contributed by atoms with Crippen LogP contribution in [-0.4, -0.2) is 23.2 Å². The number of rotatable bonds is 5. The highest BCUT2D eigenvalue weighted by Crippen LogP contribution is 2.29. The summed E-state index contributed by atoms with van der Waals surface area (Å²) < 4.78 is 0. The van der Waals surface area contributed by atoms with Crippen LogP contribution in [0.3, 0.4) is 0 Å². The SMILES string of the molecule is NCc1ccccc1CC(=O)NC1(CO)CCCC1. The van der Waals surface area contributed by atoms with E-state index in [-0.39, 0.29) is 12.5 Å². The lowest BCUT2D eigenvalue weighted by atomic mass is 9.97. The normalized spacial score (nSPS) is 17.4. The minimum absolute atomic E-state index is 0.0251. The summed E-state index contributed by atoms with van der Waals surface area (Å²) in [7, 11) is 0. The van der Waals surface area contributed by atoms with Crippen LogP contribution in [0.15, 0.2) is 24.3 Å². The van der Waals surface area contributed by atoms with Crippen molar-refractivity contribution in [2.75, 3.05) is 6.61 Å². The zero-order valence-corrected chi connectivity index (χ0v) is 11.2. The number of hydrogen-bond acceptors (Lipinski definition) is 3. The molecule has 1 aliphatic rings. The first kappa shape index (κ1) is 14.0. The quantitative estimate of drug-likeness (QED) is 0.744. The number of aliphatic hydroxyl groups excluding tert-OH is 1. The van der Waals surface area contributed by atoms with E-state index in [9.17, 15) is 9.90 Å². The number of aliphatic hydroxyl groups is 1. The van der Waals surface area contributed by atoms with Gasteiger partial charge in [-0.2, -0.15) is 0 Å². The van der Waals surface area contributed by atoms with Gasteiger partial charge in [0.05, 0.1) is 18.6 Å². The van der Waals surface area contributed by atoms with Crippen LogP contribution in [-0.2, 0) is 17.8 Å². The third-order valence-corrected chi connectivity index (χ3v) is 3.96. The highest BCUT2D eigenvalue weighted by atomic mass is 16.3. The number of carbonyl (C=O) groups is 1. The molecule has 1 aliphatic carbocycles. The number of amides is 1. The second-order valence-corrected chi connectivity index (χ2v) is 5.34. The second kappa shape index (κ2) is 6.17. The molecule has 0 aliphatic heterocycles. The van der Waals surface area contributed by atoms with Crippen LogP contribution in [0.1, 0.15) is 36.8 Å². The van der Waals surface area contributed by atoms with E-state index in [2.05, 4.69) is 5.32 Å². The van der Waals surface area contributed by atoms with Crippen LogP contribution in [0.25, 0.3) is 0 Å². The fourth-order valence-corrected chi connectivity index (χ4v) is 2.82. The van der Waals surface area contributed by atoms with Crippen molar-refractivity contribution in [1.82, 2.24) is 5.32 Å². The molecule has 0 heterocycles. The molecule has 1 saturated carbocycles. The Morgan fingerprint density at radius 3 is 2.47 bits per heavy atom. The summed E-state index contributed by atoms with van der Waals surface area (Å²) in [5.41, 5.74) is 7.24. The lowest BCUT2D eigenvalue weighted by molar-refractivity contribution is -0.122. The van der Waals surface area contributed by atoms with Crippen molar-refractivity contribution in [2.24, 2.45) is 5.73 Å². The average Bonchev–Trinajstić information content (AvgIpc) is 2.88. The largest absolute Gasteiger partial charge is 0.394 e. The Morgan fingerprint density at radius 1 is 1.26 bits per heavy atom. The summed E-state index contributed by atoms with van der Waals surface area (Å²) in [6.07, 6.45) is 4.21. The molecule has 0 radical (unpaired) electrons. The molecule has 1 aromatic carbocycles. The molecule has 104 valence electrons. The van der Waals surface area contributed by atoms with Crippen molar-refractivity contribution in [1.29, 1.82) is 0 Å². The average molecular weight is 262 g/mol. The molecule has 4 nitrogen and oxygen atoms in total. The molecule has 1 amide bonds. The van der Waals surface area contributed by atoms with E-state index in [0.717, 1.165) is 36.8 Å². The van der Waals surface area contributed by atoms with Gasteiger partial charge in [-0.1, -0.05) is 37.1 Å². The van der Waals surface area contributed by atoms with Gasteiger partial charge in [0.15, 0.2) is 0 Å². The Bertz CT molecular complexity index is 440. The second-order valence-electron chi connectivity index (χ2n) is 5.34. The molecule has 0 spiro atoms. The van der Waals surface area contributed by atoms with E-state index in [0.29, 0.717) is 13.0 Å². The topological polar surface area (TPSA) is 75.4 Å². The van der Waals surface area contributed by atoms with Crippen LogP contribution >= 0.6 is 0 Å². The zero-order chi connectivity index (χ0) is 13.7. The number of nitrogens with two attached hydrogens (primary N) is 1. The Balaban J connectivity index is 2.01. The molecule has 19 heavy (non-hydrogen) atoms. The molecule has 1 aromatic rings. The van der Waals surface area contributed by atoms with Crippen molar-refractivity contribution in [3.05, 3.63) is 35.4 Å². The third-order valence-electron chi connectivity index (χ3n) is 3.96. The van der Waals surface area contributed by atoms with E-state index >= 15 is 0 Å². The van der Waals surface area contributed by atoms with Gasteiger partial charge in [0.25, 0.3) is 0 Å². The highest BCUT2D eigenvalue weighted by molar-refractivity contribution is 5.79. The van der Waals surface area contributed by atoms with Gasteiger partial charge in [0.1, 0.15) is 0 Å². The third kappa shape index (κ3) is 3.33. The fraction of sp³-hybridized carbons (Fsp3) is 0.533. The van der Waals surface area contributed by atoms with E-state index in [4.69, 9.17) is 5.73 Å². The number of carbonyl (C=O) groups excluding carboxylic acids is 1. The van der Waals surface area contributed by atoms with Crippen molar-refractivity contribution in [3.8, 4) is 0 Å². The monoisotopic (exact) mass is 262 g/mol. The van der Waals surface area contributed by atoms with E-state index in [1.165, 1.54) is 0 Å². The number of hydrogen-bond donors (Lipinski definition) is 3. The number of nitrogens with one attached hydrogen (secondary N) is 1. The smallest absolute Gasteiger partial charge is 0.224 e. The molecular formula is C15H22N2O2. The maximum Gasteiger partial charge on any atom is 0.224 e. The first-order valence-corrected chi connectivity index (χ1v) is 6.88. The number of benzene rings is 1. The molecule has 1 fully saturated rings.